The van der Waals surface area contributed by atoms with Crippen molar-refractivity contribution >= 4 is 0 Å². The van der Waals surface area contributed by atoms with Crippen LogP contribution in [0.25, 0.3) is 0 Å². The van der Waals surface area contributed by atoms with Crippen LogP contribution < -0.4 is 0 Å². The van der Waals surface area contributed by atoms with Gasteiger partial charge in [0.2, 0.25) is 5.89 Å². The summed E-state index contributed by atoms with van der Waals surface area (Å²) in [5.41, 5.74) is -1.12. The molecule has 0 fully saturated rings. The van der Waals surface area contributed by atoms with Gasteiger partial charge in [0.05, 0.1) is 5.56 Å². The molecule has 0 saturated heterocycles. The second-order valence-corrected chi connectivity index (χ2v) is 3.71. The molecule has 0 aliphatic carbocycles. The van der Waals surface area contributed by atoms with Gasteiger partial charge in [0.1, 0.15) is 5.82 Å². The maximum atomic E-state index is 12.9. The summed E-state index contributed by atoms with van der Waals surface area (Å²) in [6, 6.07) is 2.50. The summed E-state index contributed by atoms with van der Waals surface area (Å²) >= 11 is 0. The summed E-state index contributed by atoms with van der Waals surface area (Å²) in [7, 11) is 0. The minimum Gasteiger partial charge on any atom is -0.340 e. The quantitative estimate of drug-likeness (QED) is 0.779. The molecule has 0 atom stereocenters. The largest absolute Gasteiger partial charge is 0.416 e. The zero-order valence-electron chi connectivity index (χ0n) is 9.25. The van der Waals surface area contributed by atoms with E-state index in [2.05, 4.69) is 14.7 Å². The molecule has 2 rings (SSSR count). The molecule has 0 unspecified atom stereocenters. The standard InChI is InChI=1S/C11H8F4N2O/c1-6-16-10(17-18-6)4-7-2-3-8(12)5-9(7)11(13,14)15/h2-3,5H,4H2,1H3. The lowest BCUT2D eigenvalue weighted by atomic mass is 10.0. The van der Waals surface area contributed by atoms with E-state index in [9.17, 15) is 17.6 Å². The molecule has 1 heterocycles. The molecule has 0 saturated carbocycles. The predicted molar refractivity (Wildman–Crippen MR) is 53.2 cm³/mol. The third-order valence-corrected chi connectivity index (χ3v) is 2.30. The smallest absolute Gasteiger partial charge is 0.340 e. The summed E-state index contributed by atoms with van der Waals surface area (Å²) in [6.45, 7) is 1.53. The number of benzene rings is 1. The second kappa shape index (κ2) is 4.40. The van der Waals surface area contributed by atoms with Crippen molar-refractivity contribution < 1.29 is 22.1 Å². The molecular weight excluding hydrogens is 252 g/mol. The van der Waals surface area contributed by atoms with Crippen molar-refractivity contribution in [1.82, 2.24) is 10.1 Å². The molecule has 0 amide bonds. The van der Waals surface area contributed by atoms with Crippen molar-refractivity contribution in [2.75, 3.05) is 0 Å². The number of halogens is 4. The number of hydrogen-bond acceptors (Lipinski definition) is 3. The first-order valence-corrected chi connectivity index (χ1v) is 5.01. The van der Waals surface area contributed by atoms with Crippen molar-refractivity contribution in [2.24, 2.45) is 0 Å². The van der Waals surface area contributed by atoms with Crippen LogP contribution in [0.4, 0.5) is 17.6 Å². The summed E-state index contributed by atoms with van der Waals surface area (Å²) in [4.78, 5) is 3.81. The van der Waals surface area contributed by atoms with E-state index in [1.807, 2.05) is 0 Å². The van der Waals surface area contributed by atoms with Crippen LogP contribution in [-0.2, 0) is 12.6 Å². The van der Waals surface area contributed by atoms with Crippen LogP contribution in [0.2, 0.25) is 0 Å². The highest BCUT2D eigenvalue weighted by molar-refractivity contribution is 5.32. The predicted octanol–water partition coefficient (Wildman–Crippen LogP) is 3.13. The first-order chi connectivity index (χ1) is 8.36. The second-order valence-electron chi connectivity index (χ2n) is 3.71. The monoisotopic (exact) mass is 260 g/mol. The SMILES string of the molecule is Cc1nc(Cc2ccc(F)cc2C(F)(F)F)no1. The van der Waals surface area contributed by atoms with Gasteiger partial charge in [0.25, 0.3) is 0 Å². The Bertz CT molecular complexity index is 562. The van der Waals surface area contributed by atoms with Gasteiger partial charge in [-0.25, -0.2) is 4.39 Å². The molecule has 1 aromatic carbocycles. The van der Waals surface area contributed by atoms with Gasteiger partial charge in [0.15, 0.2) is 5.82 Å². The fourth-order valence-corrected chi connectivity index (χ4v) is 1.55. The Kier molecular flexibility index (Phi) is 3.06. The molecule has 0 radical (unpaired) electrons. The number of rotatable bonds is 2. The highest BCUT2D eigenvalue weighted by atomic mass is 19.4. The lowest BCUT2D eigenvalue weighted by molar-refractivity contribution is -0.138. The van der Waals surface area contributed by atoms with Crippen LogP contribution in [0, 0.1) is 12.7 Å². The maximum absolute atomic E-state index is 12.9. The lowest BCUT2D eigenvalue weighted by Gasteiger charge is -2.11. The van der Waals surface area contributed by atoms with Crippen LogP contribution in [0.1, 0.15) is 22.8 Å². The zero-order valence-corrected chi connectivity index (χ0v) is 9.25. The molecule has 7 heteroatoms. The van der Waals surface area contributed by atoms with Crippen molar-refractivity contribution in [1.29, 1.82) is 0 Å². The van der Waals surface area contributed by atoms with Gasteiger partial charge in [-0.3, -0.25) is 0 Å². The molecule has 1 aromatic heterocycles. The Morgan fingerprint density at radius 3 is 2.56 bits per heavy atom. The van der Waals surface area contributed by atoms with Gasteiger partial charge in [-0.2, -0.15) is 18.2 Å². The van der Waals surface area contributed by atoms with E-state index in [4.69, 9.17) is 0 Å². The molecule has 3 nitrogen and oxygen atoms in total. The number of nitrogens with zero attached hydrogens (tertiary/aromatic N) is 2. The van der Waals surface area contributed by atoms with Gasteiger partial charge in [-0.05, 0) is 17.7 Å². The Balaban J connectivity index is 2.38. The average molecular weight is 260 g/mol. The third-order valence-electron chi connectivity index (χ3n) is 2.30. The van der Waals surface area contributed by atoms with Crippen LogP contribution in [0.5, 0.6) is 0 Å². The Morgan fingerprint density at radius 1 is 1.28 bits per heavy atom. The van der Waals surface area contributed by atoms with Gasteiger partial charge in [-0.15, -0.1) is 0 Å². The number of hydrogen-bond donors (Lipinski definition) is 0. The molecular formula is C11H8F4N2O. The van der Waals surface area contributed by atoms with E-state index >= 15 is 0 Å². The lowest BCUT2D eigenvalue weighted by Crippen LogP contribution is -2.10. The van der Waals surface area contributed by atoms with Crippen LogP contribution in [-0.4, -0.2) is 10.1 Å². The first kappa shape index (κ1) is 12.5. The molecule has 96 valence electrons. The number of aryl methyl sites for hydroxylation is 1. The minimum absolute atomic E-state index is 0.0929. The third kappa shape index (κ3) is 2.66. The van der Waals surface area contributed by atoms with E-state index in [-0.39, 0.29) is 23.7 Å². The molecule has 2 aromatic rings. The Morgan fingerprint density at radius 2 is 2.00 bits per heavy atom. The fraction of sp³-hybridized carbons (Fsp3) is 0.273. The highest BCUT2D eigenvalue weighted by Gasteiger charge is 2.34. The fourth-order valence-electron chi connectivity index (χ4n) is 1.55. The average Bonchev–Trinajstić information content (AvgIpc) is 2.65. The zero-order chi connectivity index (χ0) is 13.3. The summed E-state index contributed by atoms with van der Waals surface area (Å²) < 4.78 is 55.7. The van der Waals surface area contributed by atoms with Gasteiger partial charge in [-0.1, -0.05) is 11.2 Å². The van der Waals surface area contributed by atoms with E-state index in [0.29, 0.717) is 6.07 Å². The maximum Gasteiger partial charge on any atom is 0.416 e. The molecule has 0 bridgehead atoms. The van der Waals surface area contributed by atoms with Crippen LogP contribution >= 0.6 is 0 Å². The topological polar surface area (TPSA) is 38.9 Å². The highest BCUT2D eigenvalue weighted by Crippen LogP contribution is 2.33. The summed E-state index contributed by atoms with van der Waals surface area (Å²) in [5, 5.41) is 3.51. The normalized spacial score (nSPS) is 11.8. The van der Waals surface area contributed by atoms with Gasteiger partial charge >= 0.3 is 6.18 Å². The van der Waals surface area contributed by atoms with Crippen molar-refractivity contribution in [3.05, 3.63) is 46.9 Å². The number of alkyl halides is 3. The molecule has 0 spiro atoms. The molecule has 18 heavy (non-hydrogen) atoms. The van der Waals surface area contributed by atoms with E-state index < -0.39 is 17.6 Å². The van der Waals surface area contributed by atoms with Crippen molar-refractivity contribution in [3.8, 4) is 0 Å². The van der Waals surface area contributed by atoms with E-state index in [1.54, 1.807) is 0 Å². The Hall–Kier alpha value is -1.92. The van der Waals surface area contributed by atoms with Crippen molar-refractivity contribution in [3.63, 3.8) is 0 Å². The molecule has 0 aliphatic rings. The number of aromatic nitrogens is 2. The van der Waals surface area contributed by atoms with Gasteiger partial charge < -0.3 is 4.52 Å². The molecule has 0 aliphatic heterocycles. The minimum atomic E-state index is -4.61. The van der Waals surface area contributed by atoms with Gasteiger partial charge in [0, 0.05) is 13.3 Å². The van der Waals surface area contributed by atoms with Crippen LogP contribution in [0.15, 0.2) is 22.7 Å². The van der Waals surface area contributed by atoms with E-state index in [1.165, 1.54) is 6.92 Å². The first-order valence-electron chi connectivity index (χ1n) is 5.01. The van der Waals surface area contributed by atoms with Crippen molar-refractivity contribution in [2.45, 2.75) is 19.5 Å². The molecule has 0 N–H and O–H groups in total. The van der Waals surface area contributed by atoms with Crippen LogP contribution in [0.3, 0.4) is 0 Å². The summed E-state index contributed by atoms with van der Waals surface area (Å²) in [5.74, 6) is -0.541. The summed E-state index contributed by atoms with van der Waals surface area (Å²) in [6.07, 6.45) is -4.78. The Labute approximate surface area is 99.4 Å². The van der Waals surface area contributed by atoms with E-state index in [0.717, 1.165) is 12.1 Å².